The average molecular weight is 306 g/mol. The van der Waals surface area contributed by atoms with Crippen molar-refractivity contribution in [2.45, 2.75) is 77.9 Å². The van der Waals surface area contributed by atoms with Gasteiger partial charge in [0, 0.05) is 5.41 Å². The first-order valence-electron chi connectivity index (χ1n) is 8.76. The van der Waals surface area contributed by atoms with Crippen LogP contribution in [0.25, 0.3) is 0 Å². The Labute approximate surface area is 136 Å². The molecule has 22 heavy (non-hydrogen) atoms. The van der Waals surface area contributed by atoms with Gasteiger partial charge in [0.1, 0.15) is 0 Å². The highest BCUT2D eigenvalue weighted by Gasteiger charge is 2.61. The maximum absolute atomic E-state index is 11.0. The van der Waals surface area contributed by atoms with Gasteiger partial charge in [-0.15, -0.1) is 0 Å². The van der Waals surface area contributed by atoms with E-state index >= 15 is 0 Å². The highest BCUT2D eigenvalue weighted by Crippen LogP contribution is 2.62. The summed E-state index contributed by atoms with van der Waals surface area (Å²) in [6, 6.07) is 0. The van der Waals surface area contributed by atoms with Crippen LogP contribution < -0.4 is 0 Å². The topological polar surface area (TPSA) is 40.5 Å². The van der Waals surface area contributed by atoms with Crippen molar-refractivity contribution < 1.29 is 10.2 Å². The SMILES string of the molecule is C=CC(=C)CCC1C(C)(O)CCC2C(C)(C)CCC(O)C21C. The molecular formula is C20H34O2. The molecular weight excluding hydrogens is 272 g/mol. The van der Waals surface area contributed by atoms with Crippen LogP contribution in [0.4, 0.5) is 0 Å². The summed E-state index contributed by atoms with van der Waals surface area (Å²) in [7, 11) is 0. The molecule has 0 heterocycles. The Hall–Kier alpha value is -0.600. The van der Waals surface area contributed by atoms with Crippen LogP contribution in [0.1, 0.15) is 66.2 Å². The number of fused-ring (bicyclic) bond motifs is 1. The molecule has 2 saturated carbocycles. The number of hydrogen-bond donors (Lipinski definition) is 2. The Morgan fingerprint density at radius 2 is 1.82 bits per heavy atom. The first kappa shape index (κ1) is 17.7. The van der Waals surface area contributed by atoms with E-state index in [1.807, 2.05) is 6.92 Å². The van der Waals surface area contributed by atoms with Crippen LogP contribution in [-0.2, 0) is 0 Å². The minimum absolute atomic E-state index is 0.102. The standard InChI is InChI=1S/C20H34O2/c1-7-14(2)8-9-16-19(5,22)13-10-15-18(3,4)12-11-17(21)20(15,16)6/h7,15-17,21-22H,1-2,8-13H2,3-6H3. The summed E-state index contributed by atoms with van der Waals surface area (Å²) in [5.74, 6) is 0.566. The molecule has 2 heteroatoms. The Kier molecular flexibility index (Phi) is 4.68. The van der Waals surface area contributed by atoms with Gasteiger partial charge in [0.15, 0.2) is 0 Å². The van der Waals surface area contributed by atoms with Gasteiger partial charge in [-0.1, -0.05) is 45.6 Å². The molecule has 0 amide bonds. The zero-order valence-corrected chi connectivity index (χ0v) is 14.9. The van der Waals surface area contributed by atoms with E-state index in [-0.39, 0.29) is 22.9 Å². The predicted molar refractivity (Wildman–Crippen MR) is 92.5 cm³/mol. The third-order valence-electron chi connectivity index (χ3n) is 6.96. The number of rotatable bonds is 4. The summed E-state index contributed by atoms with van der Waals surface area (Å²) < 4.78 is 0. The lowest BCUT2D eigenvalue weighted by Crippen LogP contribution is -2.62. The summed E-state index contributed by atoms with van der Waals surface area (Å²) in [4.78, 5) is 0. The van der Waals surface area contributed by atoms with Gasteiger partial charge in [-0.25, -0.2) is 0 Å². The van der Waals surface area contributed by atoms with Crippen molar-refractivity contribution in [3.8, 4) is 0 Å². The Morgan fingerprint density at radius 3 is 2.41 bits per heavy atom. The maximum atomic E-state index is 11.0. The molecule has 0 aromatic carbocycles. The summed E-state index contributed by atoms with van der Waals surface area (Å²) in [5.41, 5.74) is 0.329. The smallest absolute Gasteiger partial charge is 0.0654 e. The van der Waals surface area contributed by atoms with Gasteiger partial charge in [0.2, 0.25) is 0 Å². The predicted octanol–water partition coefficient (Wildman–Crippen LogP) is 4.47. The van der Waals surface area contributed by atoms with Crippen LogP contribution in [0.5, 0.6) is 0 Å². The third-order valence-corrected chi connectivity index (χ3v) is 6.96. The Morgan fingerprint density at radius 1 is 1.18 bits per heavy atom. The molecule has 0 bridgehead atoms. The van der Waals surface area contributed by atoms with Crippen LogP contribution >= 0.6 is 0 Å². The second-order valence-corrected chi connectivity index (χ2v) is 8.81. The van der Waals surface area contributed by atoms with Gasteiger partial charge in [-0.05, 0) is 62.7 Å². The summed E-state index contributed by atoms with van der Waals surface area (Å²) in [6.45, 7) is 16.7. The van der Waals surface area contributed by atoms with E-state index in [4.69, 9.17) is 0 Å². The molecule has 0 aliphatic heterocycles. The zero-order chi connectivity index (χ0) is 16.8. The fourth-order valence-corrected chi connectivity index (χ4v) is 5.58. The minimum atomic E-state index is -0.707. The monoisotopic (exact) mass is 306 g/mol. The maximum Gasteiger partial charge on any atom is 0.0654 e. The normalized spacial score (nSPS) is 44.2. The number of aliphatic hydroxyl groups excluding tert-OH is 1. The lowest BCUT2D eigenvalue weighted by molar-refractivity contribution is -0.213. The molecule has 2 rings (SSSR count). The van der Waals surface area contributed by atoms with Crippen molar-refractivity contribution in [1.29, 1.82) is 0 Å². The zero-order valence-electron chi connectivity index (χ0n) is 14.9. The van der Waals surface area contributed by atoms with Gasteiger partial charge in [0.05, 0.1) is 11.7 Å². The van der Waals surface area contributed by atoms with Crippen LogP contribution in [0, 0.1) is 22.7 Å². The van der Waals surface area contributed by atoms with E-state index in [0.29, 0.717) is 5.92 Å². The molecule has 2 aliphatic rings. The van der Waals surface area contributed by atoms with E-state index in [1.54, 1.807) is 6.08 Å². The first-order chi connectivity index (χ1) is 10.1. The third kappa shape index (κ3) is 2.80. The fourth-order valence-electron chi connectivity index (χ4n) is 5.58. The van der Waals surface area contributed by atoms with Crippen molar-refractivity contribution in [2.75, 3.05) is 0 Å². The van der Waals surface area contributed by atoms with E-state index < -0.39 is 5.60 Å². The molecule has 5 unspecified atom stereocenters. The van der Waals surface area contributed by atoms with Gasteiger partial charge in [-0.3, -0.25) is 0 Å². The molecule has 0 aromatic heterocycles. The molecule has 0 spiro atoms. The van der Waals surface area contributed by atoms with Crippen molar-refractivity contribution in [3.63, 3.8) is 0 Å². The fraction of sp³-hybridized carbons (Fsp3) is 0.800. The Balaban J connectivity index is 2.36. The van der Waals surface area contributed by atoms with Gasteiger partial charge in [-0.2, -0.15) is 0 Å². The van der Waals surface area contributed by atoms with Gasteiger partial charge < -0.3 is 10.2 Å². The molecule has 0 aromatic rings. The van der Waals surface area contributed by atoms with Gasteiger partial charge >= 0.3 is 0 Å². The summed E-state index contributed by atoms with van der Waals surface area (Å²) in [6.07, 6.45) is 6.95. The summed E-state index contributed by atoms with van der Waals surface area (Å²) in [5, 5.41) is 21.9. The molecule has 126 valence electrons. The largest absolute Gasteiger partial charge is 0.393 e. The van der Waals surface area contributed by atoms with Gasteiger partial charge in [0.25, 0.3) is 0 Å². The van der Waals surface area contributed by atoms with Crippen molar-refractivity contribution in [3.05, 3.63) is 24.8 Å². The number of hydrogen-bond acceptors (Lipinski definition) is 2. The molecule has 2 fully saturated rings. The van der Waals surface area contributed by atoms with E-state index in [2.05, 4.69) is 33.9 Å². The average Bonchev–Trinajstić information content (AvgIpc) is 2.41. The minimum Gasteiger partial charge on any atom is -0.393 e. The van der Waals surface area contributed by atoms with E-state index in [0.717, 1.165) is 44.1 Å². The number of aliphatic hydroxyl groups is 2. The Bertz CT molecular complexity index is 449. The first-order valence-corrected chi connectivity index (χ1v) is 8.76. The lowest BCUT2D eigenvalue weighted by Gasteiger charge is -2.63. The summed E-state index contributed by atoms with van der Waals surface area (Å²) >= 11 is 0. The quantitative estimate of drug-likeness (QED) is 0.752. The van der Waals surface area contributed by atoms with Crippen LogP contribution in [0.3, 0.4) is 0 Å². The lowest BCUT2D eigenvalue weighted by atomic mass is 9.44. The van der Waals surface area contributed by atoms with Crippen LogP contribution in [0.2, 0.25) is 0 Å². The molecule has 0 radical (unpaired) electrons. The highest BCUT2D eigenvalue weighted by molar-refractivity contribution is 5.14. The molecule has 2 N–H and O–H groups in total. The van der Waals surface area contributed by atoms with Crippen LogP contribution in [-0.4, -0.2) is 21.9 Å². The van der Waals surface area contributed by atoms with Crippen LogP contribution in [0.15, 0.2) is 24.8 Å². The molecule has 2 nitrogen and oxygen atoms in total. The van der Waals surface area contributed by atoms with Crippen molar-refractivity contribution >= 4 is 0 Å². The molecule has 2 aliphatic carbocycles. The second-order valence-electron chi connectivity index (χ2n) is 8.81. The van der Waals surface area contributed by atoms with E-state index in [1.165, 1.54) is 0 Å². The molecule has 0 saturated heterocycles. The van der Waals surface area contributed by atoms with Crippen molar-refractivity contribution in [1.82, 2.24) is 0 Å². The van der Waals surface area contributed by atoms with Crippen molar-refractivity contribution in [2.24, 2.45) is 22.7 Å². The van der Waals surface area contributed by atoms with E-state index in [9.17, 15) is 10.2 Å². The number of allylic oxidation sites excluding steroid dienone is 2. The highest BCUT2D eigenvalue weighted by atomic mass is 16.3. The second kappa shape index (κ2) is 5.79. The molecule has 5 atom stereocenters.